The zero-order valence-corrected chi connectivity index (χ0v) is 12.5. The predicted octanol–water partition coefficient (Wildman–Crippen LogP) is 4.23. The highest BCUT2D eigenvalue weighted by molar-refractivity contribution is 5.66. The molecule has 0 aliphatic carbocycles. The number of hydrogen-bond acceptors (Lipinski definition) is 3. The molecular weight excluding hydrogens is 250 g/mol. The van der Waals surface area contributed by atoms with Crippen molar-refractivity contribution >= 4 is 0 Å². The molecule has 1 aromatic carbocycles. The first-order valence-corrected chi connectivity index (χ1v) is 7.25. The van der Waals surface area contributed by atoms with Gasteiger partial charge >= 0.3 is 0 Å². The minimum absolute atomic E-state index is 0.181. The maximum absolute atomic E-state index is 5.75. The monoisotopic (exact) mass is 273 g/mol. The number of furan rings is 1. The second-order valence-electron chi connectivity index (χ2n) is 5.13. The highest BCUT2D eigenvalue weighted by Gasteiger charge is 2.09. The van der Waals surface area contributed by atoms with E-state index in [9.17, 15) is 0 Å². The summed E-state index contributed by atoms with van der Waals surface area (Å²) in [4.78, 5) is 0. The van der Waals surface area contributed by atoms with Gasteiger partial charge < -0.3 is 14.5 Å². The zero-order valence-electron chi connectivity index (χ0n) is 12.5. The van der Waals surface area contributed by atoms with E-state index in [4.69, 9.17) is 9.15 Å². The molecule has 2 aromatic rings. The van der Waals surface area contributed by atoms with Crippen molar-refractivity contribution in [3.05, 3.63) is 42.4 Å². The molecule has 0 unspecified atom stereocenters. The predicted molar refractivity (Wildman–Crippen MR) is 81.9 cm³/mol. The molecule has 1 N–H and O–H groups in total. The largest absolute Gasteiger partial charge is 0.491 e. The van der Waals surface area contributed by atoms with E-state index >= 15 is 0 Å². The fourth-order valence-electron chi connectivity index (χ4n) is 2.12. The summed E-state index contributed by atoms with van der Waals surface area (Å²) in [5.74, 6) is 1.87. The minimum atomic E-state index is 0.181. The Labute approximate surface area is 121 Å². The molecule has 2 rings (SSSR count). The summed E-state index contributed by atoms with van der Waals surface area (Å²) in [6.07, 6.45) is 3.04. The van der Waals surface area contributed by atoms with Crippen LogP contribution in [0.1, 0.15) is 33.0 Å². The molecule has 1 heterocycles. The van der Waals surface area contributed by atoms with Crippen LogP contribution in [0.5, 0.6) is 5.75 Å². The van der Waals surface area contributed by atoms with Crippen LogP contribution in [-0.4, -0.2) is 12.6 Å². The summed E-state index contributed by atoms with van der Waals surface area (Å²) < 4.78 is 11.3. The van der Waals surface area contributed by atoms with Crippen molar-refractivity contribution in [1.29, 1.82) is 0 Å². The Hall–Kier alpha value is -1.74. The molecule has 0 fully saturated rings. The molecule has 0 spiro atoms. The Bertz CT molecular complexity index is 531. The van der Waals surface area contributed by atoms with Crippen LogP contribution in [0, 0.1) is 0 Å². The second kappa shape index (κ2) is 7.15. The lowest BCUT2D eigenvalue weighted by Crippen LogP contribution is -2.13. The topological polar surface area (TPSA) is 34.4 Å². The molecule has 0 bridgehead atoms. The SMILES string of the molecule is CCCNCc1occc1-c1cccc(OC(C)C)c1. The fraction of sp³-hybridized carbons (Fsp3) is 0.412. The van der Waals surface area contributed by atoms with Crippen molar-refractivity contribution < 1.29 is 9.15 Å². The van der Waals surface area contributed by atoms with Crippen molar-refractivity contribution in [2.24, 2.45) is 0 Å². The molecular formula is C17H23NO2. The third-order valence-electron chi connectivity index (χ3n) is 2.97. The van der Waals surface area contributed by atoms with E-state index in [1.165, 1.54) is 0 Å². The van der Waals surface area contributed by atoms with E-state index in [0.29, 0.717) is 0 Å². The molecule has 20 heavy (non-hydrogen) atoms. The van der Waals surface area contributed by atoms with Gasteiger partial charge in [-0.1, -0.05) is 19.1 Å². The summed E-state index contributed by atoms with van der Waals surface area (Å²) in [6, 6.07) is 10.2. The number of hydrogen-bond donors (Lipinski definition) is 1. The second-order valence-corrected chi connectivity index (χ2v) is 5.13. The van der Waals surface area contributed by atoms with Crippen molar-refractivity contribution in [2.75, 3.05) is 6.54 Å². The van der Waals surface area contributed by atoms with E-state index < -0.39 is 0 Å². The van der Waals surface area contributed by atoms with Gasteiger partial charge in [0.15, 0.2) is 0 Å². The van der Waals surface area contributed by atoms with E-state index in [-0.39, 0.29) is 6.10 Å². The van der Waals surface area contributed by atoms with Gasteiger partial charge in [-0.15, -0.1) is 0 Å². The van der Waals surface area contributed by atoms with Crippen molar-refractivity contribution in [1.82, 2.24) is 5.32 Å². The summed E-state index contributed by atoms with van der Waals surface area (Å²) >= 11 is 0. The van der Waals surface area contributed by atoms with Gasteiger partial charge in [0.1, 0.15) is 11.5 Å². The third-order valence-corrected chi connectivity index (χ3v) is 2.97. The lowest BCUT2D eigenvalue weighted by Gasteiger charge is -2.11. The van der Waals surface area contributed by atoms with Crippen molar-refractivity contribution in [3.8, 4) is 16.9 Å². The molecule has 0 radical (unpaired) electrons. The maximum Gasteiger partial charge on any atom is 0.125 e. The molecule has 0 amide bonds. The highest BCUT2D eigenvalue weighted by atomic mass is 16.5. The van der Waals surface area contributed by atoms with E-state index in [1.807, 2.05) is 32.0 Å². The lowest BCUT2D eigenvalue weighted by molar-refractivity contribution is 0.242. The molecule has 3 nitrogen and oxygen atoms in total. The van der Waals surface area contributed by atoms with Gasteiger partial charge in [-0.05, 0) is 50.6 Å². The summed E-state index contributed by atoms with van der Waals surface area (Å²) in [6.45, 7) is 7.97. The smallest absolute Gasteiger partial charge is 0.125 e. The van der Waals surface area contributed by atoms with E-state index in [0.717, 1.165) is 42.1 Å². The van der Waals surface area contributed by atoms with Crippen molar-refractivity contribution in [3.63, 3.8) is 0 Å². The van der Waals surface area contributed by atoms with Gasteiger partial charge in [-0.3, -0.25) is 0 Å². The first kappa shape index (κ1) is 14.7. The van der Waals surface area contributed by atoms with Crippen LogP contribution in [0.4, 0.5) is 0 Å². The first-order valence-electron chi connectivity index (χ1n) is 7.25. The molecule has 0 saturated heterocycles. The van der Waals surface area contributed by atoms with Gasteiger partial charge in [0.25, 0.3) is 0 Å². The quantitative estimate of drug-likeness (QED) is 0.766. The molecule has 0 aliphatic heterocycles. The molecule has 0 aliphatic rings. The Morgan fingerprint density at radius 2 is 2.10 bits per heavy atom. The third kappa shape index (κ3) is 3.87. The van der Waals surface area contributed by atoms with Gasteiger partial charge in [0, 0.05) is 5.56 Å². The lowest BCUT2D eigenvalue weighted by atomic mass is 10.1. The van der Waals surface area contributed by atoms with Crippen LogP contribution < -0.4 is 10.1 Å². The molecule has 0 atom stereocenters. The number of nitrogens with one attached hydrogen (secondary N) is 1. The number of benzene rings is 1. The van der Waals surface area contributed by atoms with Crippen LogP contribution in [0.3, 0.4) is 0 Å². The Morgan fingerprint density at radius 3 is 2.85 bits per heavy atom. The van der Waals surface area contributed by atoms with E-state index in [1.54, 1.807) is 6.26 Å². The van der Waals surface area contributed by atoms with Gasteiger partial charge in [-0.25, -0.2) is 0 Å². The van der Waals surface area contributed by atoms with Crippen LogP contribution in [0.15, 0.2) is 41.0 Å². The van der Waals surface area contributed by atoms with E-state index in [2.05, 4.69) is 24.4 Å². The first-order chi connectivity index (χ1) is 9.70. The van der Waals surface area contributed by atoms with Crippen LogP contribution in [0.2, 0.25) is 0 Å². The highest BCUT2D eigenvalue weighted by Crippen LogP contribution is 2.28. The average Bonchev–Trinajstić information content (AvgIpc) is 2.87. The number of ether oxygens (including phenoxy) is 1. The van der Waals surface area contributed by atoms with Gasteiger partial charge in [0.2, 0.25) is 0 Å². The van der Waals surface area contributed by atoms with Gasteiger partial charge in [-0.2, -0.15) is 0 Å². The summed E-state index contributed by atoms with van der Waals surface area (Å²) in [7, 11) is 0. The van der Waals surface area contributed by atoms with Crippen LogP contribution in [0.25, 0.3) is 11.1 Å². The fourth-order valence-corrected chi connectivity index (χ4v) is 2.12. The number of rotatable bonds is 7. The Balaban J connectivity index is 2.16. The Kier molecular flexibility index (Phi) is 5.24. The van der Waals surface area contributed by atoms with Crippen molar-refractivity contribution in [2.45, 2.75) is 39.8 Å². The zero-order chi connectivity index (χ0) is 14.4. The van der Waals surface area contributed by atoms with Gasteiger partial charge in [0.05, 0.1) is 18.9 Å². The van der Waals surface area contributed by atoms with Crippen LogP contribution in [-0.2, 0) is 6.54 Å². The Morgan fingerprint density at radius 1 is 1.25 bits per heavy atom. The summed E-state index contributed by atoms with van der Waals surface area (Å²) in [5.41, 5.74) is 2.26. The summed E-state index contributed by atoms with van der Waals surface area (Å²) in [5, 5.41) is 3.37. The molecule has 108 valence electrons. The van der Waals surface area contributed by atoms with Crippen LogP contribution >= 0.6 is 0 Å². The molecule has 0 saturated carbocycles. The maximum atomic E-state index is 5.75. The average molecular weight is 273 g/mol. The molecule has 3 heteroatoms. The standard InChI is InChI=1S/C17H23NO2/c1-4-9-18-12-17-16(8-10-19-17)14-6-5-7-15(11-14)20-13(2)3/h5-8,10-11,13,18H,4,9,12H2,1-3H3. The normalized spacial score (nSPS) is 11.0. The minimum Gasteiger partial charge on any atom is -0.491 e. The molecule has 1 aromatic heterocycles.